The lowest BCUT2D eigenvalue weighted by Gasteiger charge is -2.18. The molecule has 0 radical (unpaired) electrons. The Bertz CT molecular complexity index is 1220. The van der Waals surface area contributed by atoms with E-state index in [0.717, 1.165) is 60.9 Å². The van der Waals surface area contributed by atoms with Gasteiger partial charge in [-0.2, -0.15) is 0 Å². The fraction of sp³-hybridized carbons (Fsp3) is 0.304. The first-order chi connectivity index (χ1) is 15.6. The zero-order valence-electron chi connectivity index (χ0n) is 17.8. The zero-order valence-corrected chi connectivity index (χ0v) is 17.8. The molecule has 1 aliphatic rings. The summed E-state index contributed by atoms with van der Waals surface area (Å²) in [5, 5.41) is 4.18. The molecular weight excluding hydrogens is 409 g/mol. The van der Waals surface area contributed by atoms with Gasteiger partial charge in [0.15, 0.2) is 0 Å². The van der Waals surface area contributed by atoms with Crippen LogP contribution >= 0.6 is 0 Å². The second-order valence-corrected chi connectivity index (χ2v) is 7.97. The van der Waals surface area contributed by atoms with E-state index in [1.54, 1.807) is 18.3 Å². The van der Waals surface area contributed by atoms with Crippen LogP contribution in [0.1, 0.15) is 30.8 Å². The smallest absolute Gasteiger partial charge is 0.220 e. The Morgan fingerprint density at radius 2 is 2.03 bits per heavy atom. The zero-order chi connectivity index (χ0) is 22.1. The highest BCUT2D eigenvalue weighted by Gasteiger charge is 2.28. The summed E-state index contributed by atoms with van der Waals surface area (Å²) in [6, 6.07) is 10.4. The van der Waals surface area contributed by atoms with Gasteiger partial charge in [-0.25, -0.2) is 19.3 Å². The first kappa shape index (κ1) is 20.3. The van der Waals surface area contributed by atoms with Crippen LogP contribution in [-0.2, 0) is 13.0 Å². The molecule has 2 N–H and O–H groups in total. The number of anilines is 1. The van der Waals surface area contributed by atoms with Gasteiger partial charge in [0.1, 0.15) is 11.6 Å². The summed E-state index contributed by atoms with van der Waals surface area (Å²) in [4.78, 5) is 15.5. The van der Waals surface area contributed by atoms with Crippen molar-refractivity contribution in [3.05, 3.63) is 66.2 Å². The van der Waals surface area contributed by atoms with Crippen molar-refractivity contribution in [3.63, 3.8) is 0 Å². The lowest BCUT2D eigenvalue weighted by molar-refractivity contribution is 0.299. The molecule has 5 rings (SSSR count). The number of aromatic nitrogens is 5. The molecule has 32 heavy (non-hydrogen) atoms. The van der Waals surface area contributed by atoms with Crippen LogP contribution in [0.5, 0.6) is 0 Å². The monoisotopic (exact) mass is 433 g/mol. The molecule has 164 valence electrons. The van der Waals surface area contributed by atoms with E-state index in [9.17, 15) is 4.39 Å². The Kier molecular flexibility index (Phi) is 5.40. The fourth-order valence-corrected chi connectivity index (χ4v) is 4.23. The number of imidazole rings is 1. The van der Waals surface area contributed by atoms with Crippen LogP contribution in [0.15, 0.2) is 53.4 Å². The van der Waals surface area contributed by atoms with Gasteiger partial charge >= 0.3 is 0 Å². The molecule has 1 saturated heterocycles. The molecule has 0 aliphatic carbocycles. The van der Waals surface area contributed by atoms with Crippen molar-refractivity contribution in [2.24, 2.45) is 0 Å². The Morgan fingerprint density at radius 1 is 1.19 bits per heavy atom. The number of rotatable bonds is 6. The summed E-state index contributed by atoms with van der Waals surface area (Å²) in [6.07, 6.45) is 5.28. The molecule has 1 atom stereocenters. The van der Waals surface area contributed by atoms with Crippen molar-refractivity contribution in [3.8, 4) is 22.6 Å². The lowest BCUT2D eigenvalue weighted by atomic mass is 10.1. The third kappa shape index (κ3) is 3.99. The first-order valence-electron chi connectivity index (χ1n) is 10.7. The molecule has 1 fully saturated rings. The molecule has 1 aromatic carbocycles. The number of hydrogen-bond donors (Lipinski definition) is 1. The number of benzene rings is 1. The quantitative estimate of drug-likeness (QED) is 0.495. The van der Waals surface area contributed by atoms with E-state index < -0.39 is 0 Å². The van der Waals surface area contributed by atoms with Crippen molar-refractivity contribution < 1.29 is 8.91 Å². The van der Waals surface area contributed by atoms with Crippen LogP contribution in [0.25, 0.3) is 22.6 Å². The maximum Gasteiger partial charge on any atom is 0.220 e. The molecule has 1 aliphatic heterocycles. The SMILES string of the molecule is CCc1cc(CN2CCC(n3cnc(-c4ccc(F)cc4)c3-c3ccnc(N)n3)C2)no1. The molecule has 1 unspecified atom stereocenters. The highest BCUT2D eigenvalue weighted by atomic mass is 19.1. The number of halogens is 1. The van der Waals surface area contributed by atoms with Crippen molar-refractivity contribution in [1.29, 1.82) is 0 Å². The summed E-state index contributed by atoms with van der Waals surface area (Å²) in [5.41, 5.74) is 9.93. The third-order valence-corrected chi connectivity index (χ3v) is 5.81. The molecule has 4 aromatic rings. The first-order valence-corrected chi connectivity index (χ1v) is 10.7. The summed E-state index contributed by atoms with van der Waals surface area (Å²) in [7, 11) is 0. The highest BCUT2D eigenvalue weighted by molar-refractivity contribution is 5.77. The molecule has 0 bridgehead atoms. The van der Waals surface area contributed by atoms with E-state index in [2.05, 4.69) is 36.5 Å². The van der Waals surface area contributed by atoms with Crippen molar-refractivity contribution in [2.45, 2.75) is 32.4 Å². The van der Waals surface area contributed by atoms with Crippen molar-refractivity contribution in [2.75, 3.05) is 18.8 Å². The summed E-state index contributed by atoms with van der Waals surface area (Å²) < 4.78 is 21.0. The largest absolute Gasteiger partial charge is 0.368 e. The van der Waals surface area contributed by atoms with Gasteiger partial charge in [0.2, 0.25) is 5.95 Å². The minimum Gasteiger partial charge on any atom is -0.368 e. The van der Waals surface area contributed by atoms with Crippen LogP contribution in [-0.4, -0.2) is 42.7 Å². The molecule has 8 nitrogen and oxygen atoms in total. The van der Waals surface area contributed by atoms with Gasteiger partial charge in [-0.1, -0.05) is 12.1 Å². The van der Waals surface area contributed by atoms with Gasteiger partial charge in [0.05, 0.1) is 29.1 Å². The van der Waals surface area contributed by atoms with Crippen LogP contribution in [0.4, 0.5) is 10.3 Å². The molecule has 4 heterocycles. The summed E-state index contributed by atoms with van der Waals surface area (Å²) in [6.45, 7) is 4.58. The lowest BCUT2D eigenvalue weighted by Crippen LogP contribution is -2.21. The Morgan fingerprint density at radius 3 is 2.78 bits per heavy atom. The topological polar surface area (TPSA) is 98.9 Å². The third-order valence-electron chi connectivity index (χ3n) is 5.81. The number of nitrogens with two attached hydrogens (primary N) is 1. The van der Waals surface area contributed by atoms with Gasteiger partial charge < -0.3 is 14.8 Å². The molecule has 0 saturated carbocycles. The molecule has 0 amide bonds. The maximum absolute atomic E-state index is 13.5. The van der Waals surface area contributed by atoms with Gasteiger partial charge in [-0.15, -0.1) is 0 Å². The Hall–Kier alpha value is -3.59. The number of nitrogens with zero attached hydrogens (tertiary/aromatic N) is 6. The van der Waals surface area contributed by atoms with E-state index in [4.69, 9.17) is 10.3 Å². The minimum atomic E-state index is -0.286. The molecule has 0 spiro atoms. The molecule has 3 aromatic heterocycles. The Balaban J connectivity index is 1.46. The average molecular weight is 433 g/mol. The highest BCUT2D eigenvalue weighted by Crippen LogP contribution is 2.35. The van der Waals surface area contributed by atoms with Crippen molar-refractivity contribution >= 4 is 5.95 Å². The predicted octanol–water partition coefficient (Wildman–Crippen LogP) is 3.73. The second kappa shape index (κ2) is 8.51. The Labute approximate surface area is 184 Å². The van der Waals surface area contributed by atoms with E-state index >= 15 is 0 Å². The van der Waals surface area contributed by atoms with Crippen LogP contribution < -0.4 is 5.73 Å². The van der Waals surface area contributed by atoms with Crippen LogP contribution in [0.3, 0.4) is 0 Å². The van der Waals surface area contributed by atoms with E-state index in [-0.39, 0.29) is 17.8 Å². The van der Waals surface area contributed by atoms with Crippen LogP contribution in [0.2, 0.25) is 0 Å². The van der Waals surface area contributed by atoms with Gasteiger partial charge in [0, 0.05) is 49.9 Å². The summed E-state index contributed by atoms with van der Waals surface area (Å²) >= 11 is 0. The number of nitrogen functional groups attached to an aromatic ring is 1. The molecular formula is C23H24FN7O. The summed E-state index contributed by atoms with van der Waals surface area (Å²) in [5.74, 6) is 0.815. The van der Waals surface area contributed by atoms with Gasteiger partial charge in [-0.05, 0) is 36.8 Å². The molecule has 9 heteroatoms. The van der Waals surface area contributed by atoms with E-state index in [1.165, 1.54) is 12.1 Å². The fourth-order valence-electron chi connectivity index (χ4n) is 4.23. The standard InChI is InChI=1S/C23H24FN7O/c1-2-19-11-17(29-32-19)12-30-10-8-18(13-30)31-14-27-21(15-3-5-16(24)6-4-15)22(31)20-7-9-26-23(25)28-20/h3-7,9,11,14,18H,2,8,10,12-13H2,1H3,(H2,25,26,28). The average Bonchev–Trinajstić information content (AvgIpc) is 3.54. The van der Waals surface area contributed by atoms with Gasteiger partial charge in [0.25, 0.3) is 0 Å². The van der Waals surface area contributed by atoms with Crippen LogP contribution in [0, 0.1) is 5.82 Å². The maximum atomic E-state index is 13.5. The number of hydrogen-bond acceptors (Lipinski definition) is 7. The normalized spacial score (nSPS) is 16.6. The van der Waals surface area contributed by atoms with E-state index in [0.29, 0.717) is 5.69 Å². The second-order valence-electron chi connectivity index (χ2n) is 7.97. The number of aryl methyl sites for hydroxylation is 1. The van der Waals surface area contributed by atoms with E-state index in [1.807, 2.05) is 18.5 Å². The number of likely N-dealkylation sites (tertiary alicyclic amines) is 1. The minimum absolute atomic E-state index is 0.200. The van der Waals surface area contributed by atoms with Gasteiger partial charge in [-0.3, -0.25) is 4.90 Å². The van der Waals surface area contributed by atoms with Crippen molar-refractivity contribution in [1.82, 2.24) is 29.6 Å². The predicted molar refractivity (Wildman–Crippen MR) is 118 cm³/mol.